The number of rotatable bonds is 6. The van der Waals surface area contributed by atoms with Crippen molar-refractivity contribution in [2.75, 3.05) is 0 Å². The monoisotopic (exact) mass is 528 g/mol. The van der Waals surface area contributed by atoms with Gasteiger partial charge in [0.2, 0.25) is 0 Å². The summed E-state index contributed by atoms with van der Waals surface area (Å²) in [7, 11) is -4.47. The van der Waals surface area contributed by atoms with Crippen LogP contribution in [0.1, 0.15) is 60.6 Å². The van der Waals surface area contributed by atoms with Gasteiger partial charge in [0.05, 0.1) is 0 Å². The minimum absolute atomic E-state index is 0.0177. The van der Waals surface area contributed by atoms with E-state index in [9.17, 15) is 9.59 Å². The van der Waals surface area contributed by atoms with Crippen LogP contribution in [-0.4, -0.2) is 48.9 Å². The second-order valence-electron chi connectivity index (χ2n) is 13.4. The van der Waals surface area contributed by atoms with Crippen molar-refractivity contribution in [1.29, 1.82) is 0 Å². The maximum Gasteiger partial charge on any atom is 0.330 e. The highest BCUT2D eigenvalue weighted by Gasteiger charge is 2.93. The van der Waals surface area contributed by atoms with Crippen molar-refractivity contribution in [3.63, 3.8) is 0 Å². The van der Waals surface area contributed by atoms with Crippen molar-refractivity contribution in [3.8, 4) is 0 Å². The average molecular weight is 529 g/mol. The predicted molar refractivity (Wildman–Crippen MR) is 140 cm³/mol. The van der Waals surface area contributed by atoms with Gasteiger partial charge in [-0.2, -0.15) is 0 Å². The second kappa shape index (κ2) is 7.65. The Bertz CT molecular complexity index is 1080. The Morgan fingerprint density at radius 2 is 1.62 bits per heavy atom. The smallest absolute Gasteiger partial charge is 0.330 e. The van der Waals surface area contributed by atoms with Crippen molar-refractivity contribution >= 4 is 28.2 Å². The zero-order valence-electron chi connectivity index (χ0n) is 22.2. The molecule has 1 saturated heterocycles. The average Bonchev–Trinajstić information content (AvgIpc) is 3.55. The SMILES string of the molecule is CC(C)(C)[Si](C)(C)OC1C2(O[Si](C)(C)C(C)(C)C)[C@@H](Cl)[C@H](n3ccc(=O)[nH]c3=O)O[C@]12C1CC1. The summed E-state index contributed by atoms with van der Waals surface area (Å²) in [4.78, 5) is 26.7. The Morgan fingerprint density at radius 1 is 1.06 bits per heavy atom. The number of halogens is 1. The zero-order chi connectivity index (χ0) is 25.7. The van der Waals surface area contributed by atoms with Gasteiger partial charge in [-0.25, -0.2) is 4.79 Å². The second-order valence-corrected chi connectivity index (χ2v) is 23.4. The standard InChI is InChI=1S/C24H41ClN2O5Si2/c1-21(2,3)33(7,8)31-19-23(15-11-12-15)24(19,32-34(9,10)22(4,5)6)17(25)18(30-23)27-14-13-16(28)26-20(27)29/h13-15,17-19H,11-12H2,1-10H3,(H,26,28,29)/t17-,18+,19?,23+,24?/m0/s1. The first kappa shape index (κ1) is 26.3. The van der Waals surface area contributed by atoms with Crippen LogP contribution in [-0.2, 0) is 13.6 Å². The summed E-state index contributed by atoms with van der Waals surface area (Å²) < 4.78 is 22.5. The molecule has 3 fully saturated rings. The number of fused-ring (bicyclic) bond motifs is 1. The molecule has 2 unspecified atom stereocenters. The quantitative estimate of drug-likeness (QED) is 0.415. The Hall–Kier alpha value is -0.716. The van der Waals surface area contributed by atoms with E-state index in [0.29, 0.717) is 0 Å². The number of hydrogen-bond acceptors (Lipinski definition) is 5. The van der Waals surface area contributed by atoms with Gasteiger partial charge in [-0.15, -0.1) is 11.6 Å². The Kier molecular flexibility index (Phi) is 5.93. The first-order chi connectivity index (χ1) is 15.3. The third-order valence-electron chi connectivity index (χ3n) is 9.04. The largest absolute Gasteiger partial charge is 0.408 e. The number of nitrogens with zero attached hydrogens (tertiary/aromatic N) is 1. The summed E-state index contributed by atoms with van der Waals surface area (Å²) in [6, 6.07) is 1.33. The van der Waals surface area contributed by atoms with Gasteiger partial charge in [-0.1, -0.05) is 41.5 Å². The van der Waals surface area contributed by atoms with Crippen molar-refractivity contribution in [3.05, 3.63) is 33.1 Å². The van der Waals surface area contributed by atoms with Crippen LogP contribution in [0.4, 0.5) is 0 Å². The van der Waals surface area contributed by atoms with E-state index in [0.717, 1.165) is 12.8 Å². The van der Waals surface area contributed by atoms with Crippen molar-refractivity contribution in [1.82, 2.24) is 9.55 Å². The Morgan fingerprint density at radius 3 is 2.09 bits per heavy atom. The number of nitrogens with one attached hydrogen (secondary N) is 1. The molecule has 10 heteroatoms. The lowest BCUT2D eigenvalue weighted by Gasteiger charge is -2.42. The third-order valence-corrected chi connectivity index (χ3v) is 18.5. The maximum atomic E-state index is 12.7. The molecule has 192 valence electrons. The summed E-state index contributed by atoms with van der Waals surface area (Å²) in [5, 5.41) is -0.658. The molecular weight excluding hydrogens is 488 g/mol. The zero-order valence-corrected chi connectivity index (χ0v) is 25.0. The van der Waals surface area contributed by atoms with Gasteiger partial charge in [-0.3, -0.25) is 14.3 Å². The Balaban J connectivity index is 1.83. The lowest BCUT2D eigenvalue weighted by molar-refractivity contribution is -0.0749. The van der Waals surface area contributed by atoms with Crippen LogP contribution in [0.3, 0.4) is 0 Å². The topological polar surface area (TPSA) is 82.5 Å². The first-order valence-corrected chi connectivity index (χ1v) is 18.6. The summed E-state index contributed by atoms with van der Waals surface area (Å²) in [6.07, 6.45) is 2.50. The molecule has 3 aliphatic rings. The van der Waals surface area contributed by atoms with Crippen LogP contribution >= 0.6 is 11.6 Å². The highest BCUT2D eigenvalue weighted by molar-refractivity contribution is 6.75. The van der Waals surface area contributed by atoms with Crippen molar-refractivity contribution in [2.24, 2.45) is 5.92 Å². The fourth-order valence-corrected chi connectivity index (χ4v) is 8.21. The van der Waals surface area contributed by atoms with Crippen LogP contribution in [0.15, 0.2) is 21.9 Å². The number of alkyl halides is 1. The molecule has 7 nitrogen and oxygen atoms in total. The van der Waals surface area contributed by atoms with Crippen LogP contribution < -0.4 is 11.2 Å². The van der Waals surface area contributed by atoms with Crippen LogP contribution in [0.25, 0.3) is 0 Å². The molecule has 2 heterocycles. The van der Waals surface area contributed by atoms with Gasteiger partial charge in [0.25, 0.3) is 5.56 Å². The number of ether oxygens (including phenoxy) is 1. The summed E-state index contributed by atoms with van der Waals surface area (Å²) >= 11 is 7.28. The van der Waals surface area contributed by atoms with E-state index in [1.165, 1.54) is 16.8 Å². The van der Waals surface area contributed by atoms with Crippen LogP contribution in [0, 0.1) is 5.92 Å². The molecule has 1 aromatic rings. The van der Waals surface area contributed by atoms with E-state index < -0.39 is 50.7 Å². The molecule has 5 atom stereocenters. The van der Waals surface area contributed by atoms with E-state index in [4.69, 9.17) is 25.2 Å². The highest BCUT2D eigenvalue weighted by atomic mass is 35.5. The highest BCUT2D eigenvalue weighted by Crippen LogP contribution is 2.76. The normalized spacial score (nSPS) is 34.3. The number of aromatic nitrogens is 2. The Labute approximate surface area is 209 Å². The first-order valence-electron chi connectivity index (χ1n) is 12.3. The predicted octanol–water partition coefficient (Wildman–Crippen LogP) is 4.99. The van der Waals surface area contributed by atoms with Crippen molar-refractivity contribution < 1.29 is 13.6 Å². The van der Waals surface area contributed by atoms with E-state index >= 15 is 0 Å². The molecule has 0 radical (unpaired) electrons. The molecule has 1 N–H and O–H groups in total. The minimum atomic E-state index is -2.30. The maximum absolute atomic E-state index is 12.7. The van der Waals surface area contributed by atoms with Gasteiger partial charge < -0.3 is 13.6 Å². The van der Waals surface area contributed by atoms with Crippen LogP contribution in [0.2, 0.25) is 36.3 Å². The lowest BCUT2D eigenvalue weighted by atomic mass is 10.1. The van der Waals surface area contributed by atoms with E-state index in [1.54, 1.807) is 0 Å². The molecule has 1 aromatic heterocycles. The van der Waals surface area contributed by atoms with Gasteiger partial charge >= 0.3 is 5.69 Å². The number of aromatic amines is 1. The number of hydrogen-bond donors (Lipinski definition) is 1. The molecule has 0 amide bonds. The van der Waals surface area contributed by atoms with Crippen LogP contribution in [0.5, 0.6) is 0 Å². The fraction of sp³-hybridized carbons (Fsp3) is 0.833. The van der Waals surface area contributed by atoms with Crippen molar-refractivity contribution in [2.45, 2.75) is 120 Å². The molecule has 34 heavy (non-hydrogen) atoms. The lowest BCUT2D eigenvalue weighted by Crippen LogP contribution is -2.52. The molecule has 0 aromatic carbocycles. The fourth-order valence-electron chi connectivity index (χ4n) is 4.80. The van der Waals surface area contributed by atoms with E-state index in [1.807, 2.05) is 0 Å². The minimum Gasteiger partial charge on any atom is -0.408 e. The van der Waals surface area contributed by atoms with Gasteiger partial charge in [0.15, 0.2) is 22.9 Å². The summed E-state index contributed by atoms with van der Waals surface area (Å²) in [6.45, 7) is 22.3. The third kappa shape index (κ3) is 3.68. The molecule has 0 spiro atoms. The summed E-state index contributed by atoms with van der Waals surface area (Å²) in [5.41, 5.74) is -2.50. The molecule has 2 saturated carbocycles. The molecule has 2 aliphatic carbocycles. The van der Waals surface area contributed by atoms with E-state index in [2.05, 4.69) is 72.7 Å². The molecule has 1 aliphatic heterocycles. The molecular formula is C24H41ClN2O5Si2. The molecule has 0 bridgehead atoms. The van der Waals surface area contributed by atoms with Gasteiger partial charge in [0.1, 0.15) is 22.7 Å². The van der Waals surface area contributed by atoms with E-state index in [-0.39, 0.29) is 22.1 Å². The van der Waals surface area contributed by atoms with Gasteiger partial charge in [0, 0.05) is 12.3 Å². The van der Waals surface area contributed by atoms with Gasteiger partial charge in [-0.05, 0) is 55.0 Å². The molecule has 4 rings (SSSR count). The summed E-state index contributed by atoms with van der Waals surface area (Å²) in [5.74, 6) is 0.275. The number of H-pyrrole nitrogens is 1.